The molecule has 6 nitrogen and oxygen atoms in total. The van der Waals surface area contributed by atoms with Gasteiger partial charge in [0.2, 0.25) is 0 Å². The Labute approximate surface area is 89.0 Å². The van der Waals surface area contributed by atoms with Crippen molar-refractivity contribution in [2.75, 3.05) is 20.7 Å². The van der Waals surface area contributed by atoms with Gasteiger partial charge in [-0.2, -0.15) is 15.0 Å². The Balaban J connectivity index is 2.85. The van der Waals surface area contributed by atoms with E-state index >= 15 is 0 Å². The van der Waals surface area contributed by atoms with Crippen LogP contribution < -0.4 is 4.74 Å². The molecule has 0 amide bonds. The van der Waals surface area contributed by atoms with Crippen LogP contribution in [0.25, 0.3) is 0 Å². The molecule has 1 heterocycles. The zero-order valence-corrected chi connectivity index (χ0v) is 9.43. The summed E-state index contributed by atoms with van der Waals surface area (Å²) in [6.07, 6.45) is 1.67. The van der Waals surface area contributed by atoms with Crippen molar-refractivity contribution in [2.45, 2.75) is 13.8 Å². The minimum atomic E-state index is 0.286. The first-order chi connectivity index (χ1) is 7.15. The molecule has 0 aliphatic carbocycles. The van der Waals surface area contributed by atoms with Crippen LogP contribution in [0.15, 0.2) is 4.99 Å². The van der Waals surface area contributed by atoms with Crippen LogP contribution in [0.3, 0.4) is 0 Å². The van der Waals surface area contributed by atoms with Gasteiger partial charge in [0, 0.05) is 13.6 Å². The largest absolute Gasteiger partial charge is 0.467 e. The average molecular weight is 209 g/mol. The lowest BCUT2D eigenvalue weighted by molar-refractivity contribution is 0.377. The van der Waals surface area contributed by atoms with E-state index in [1.807, 2.05) is 18.9 Å². The third-order valence-electron chi connectivity index (χ3n) is 1.77. The maximum atomic E-state index is 4.92. The van der Waals surface area contributed by atoms with Gasteiger partial charge in [-0.1, -0.05) is 0 Å². The number of aryl methyl sites for hydroxylation is 1. The second-order valence-electron chi connectivity index (χ2n) is 2.99. The van der Waals surface area contributed by atoms with Crippen LogP contribution in [0.4, 0.5) is 5.95 Å². The molecule has 15 heavy (non-hydrogen) atoms. The molecular weight excluding hydrogens is 194 g/mol. The molecule has 6 heteroatoms. The molecule has 0 atom stereocenters. The first-order valence-electron chi connectivity index (χ1n) is 4.66. The number of rotatable bonds is 4. The van der Waals surface area contributed by atoms with Crippen molar-refractivity contribution in [2.24, 2.45) is 4.99 Å². The summed E-state index contributed by atoms with van der Waals surface area (Å²) in [5, 5.41) is 0. The third kappa shape index (κ3) is 3.49. The topological polar surface area (TPSA) is 63.5 Å². The molecule has 1 aromatic rings. The van der Waals surface area contributed by atoms with Gasteiger partial charge in [0.15, 0.2) is 0 Å². The Morgan fingerprint density at radius 1 is 1.40 bits per heavy atom. The maximum absolute atomic E-state index is 4.92. The van der Waals surface area contributed by atoms with Gasteiger partial charge in [-0.15, -0.1) is 0 Å². The number of hydrogen-bond donors (Lipinski definition) is 0. The van der Waals surface area contributed by atoms with Crippen LogP contribution in [0.1, 0.15) is 12.7 Å². The Morgan fingerprint density at radius 2 is 2.13 bits per heavy atom. The highest BCUT2D eigenvalue weighted by molar-refractivity contribution is 5.58. The van der Waals surface area contributed by atoms with Gasteiger partial charge in [0.25, 0.3) is 5.95 Å². The molecule has 0 aliphatic rings. The minimum Gasteiger partial charge on any atom is -0.467 e. The standard InChI is InChI=1S/C9H15N5O/c1-5-14(3)6-10-8-11-7(2)12-9(13-8)15-4/h6H,5H2,1-4H3/b10-6+. The number of aliphatic imine (C=N–C) groups is 1. The maximum Gasteiger partial charge on any atom is 0.321 e. The molecule has 0 N–H and O–H groups in total. The highest BCUT2D eigenvalue weighted by Crippen LogP contribution is 2.08. The second kappa shape index (κ2) is 5.23. The molecule has 1 rings (SSSR count). The fraction of sp³-hybridized carbons (Fsp3) is 0.556. The molecule has 0 radical (unpaired) electrons. The van der Waals surface area contributed by atoms with Crippen molar-refractivity contribution >= 4 is 12.3 Å². The molecular formula is C9H15N5O. The number of methoxy groups -OCH3 is 1. The lowest BCUT2D eigenvalue weighted by Gasteiger charge is -2.07. The Kier molecular flexibility index (Phi) is 3.96. The van der Waals surface area contributed by atoms with E-state index in [0.29, 0.717) is 11.8 Å². The molecule has 0 saturated heterocycles. The molecule has 0 bridgehead atoms. The monoisotopic (exact) mass is 209 g/mol. The zero-order valence-electron chi connectivity index (χ0n) is 9.43. The van der Waals surface area contributed by atoms with E-state index in [9.17, 15) is 0 Å². The summed E-state index contributed by atoms with van der Waals surface area (Å²) in [5.74, 6) is 0.952. The molecule has 0 aliphatic heterocycles. The Bertz CT molecular complexity index is 352. The minimum absolute atomic E-state index is 0.286. The summed E-state index contributed by atoms with van der Waals surface area (Å²) in [4.78, 5) is 18.0. The smallest absolute Gasteiger partial charge is 0.321 e. The molecule has 0 fully saturated rings. The second-order valence-corrected chi connectivity index (χ2v) is 2.99. The summed E-state index contributed by atoms with van der Waals surface area (Å²) in [5.41, 5.74) is 0. The van der Waals surface area contributed by atoms with E-state index in [2.05, 4.69) is 19.9 Å². The predicted molar refractivity (Wildman–Crippen MR) is 57.6 cm³/mol. The number of nitrogens with zero attached hydrogens (tertiary/aromatic N) is 5. The zero-order chi connectivity index (χ0) is 11.3. The van der Waals surface area contributed by atoms with Crippen molar-refractivity contribution in [3.8, 4) is 6.01 Å². The van der Waals surface area contributed by atoms with Gasteiger partial charge >= 0.3 is 6.01 Å². The van der Waals surface area contributed by atoms with Gasteiger partial charge in [0.1, 0.15) is 5.82 Å². The third-order valence-corrected chi connectivity index (χ3v) is 1.77. The fourth-order valence-corrected chi connectivity index (χ4v) is 0.825. The van der Waals surface area contributed by atoms with E-state index in [-0.39, 0.29) is 6.01 Å². The van der Waals surface area contributed by atoms with Crippen molar-refractivity contribution in [3.63, 3.8) is 0 Å². The average Bonchev–Trinajstić information content (AvgIpc) is 2.25. The number of aromatic nitrogens is 3. The van der Waals surface area contributed by atoms with Gasteiger partial charge in [0.05, 0.1) is 13.4 Å². The lowest BCUT2D eigenvalue weighted by atomic mass is 10.7. The van der Waals surface area contributed by atoms with E-state index < -0.39 is 0 Å². The summed E-state index contributed by atoms with van der Waals surface area (Å²) < 4.78 is 4.92. The first-order valence-corrected chi connectivity index (χ1v) is 4.66. The number of ether oxygens (including phenoxy) is 1. The normalized spacial score (nSPS) is 10.7. The van der Waals surface area contributed by atoms with Gasteiger partial charge < -0.3 is 9.64 Å². The van der Waals surface area contributed by atoms with E-state index in [1.165, 1.54) is 7.11 Å². The van der Waals surface area contributed by atoms with E-state index in [1.54, 1.807) is 13.3 Å². The molecule has 1 aromatic heterocycles. The highest BCUT2D eigenvalue weighted by Gasteiger charge is 2.01. The van der Waals surface area contributed by atoms with E-state index in [0.717, 1.165) is 6.54 Å². The van der Waals surface area contributed by atoms with Crippen LogP contribution in [0.2, 0.25) is 0 Å². The summed E-state index contributed by atoms with van der Waals surface area (Å²) in [6, 6.07) is 0.286. The summed E-state index contributed by atoms with van der Waals surface area (Å²) >= 11 is 0. The first kappa shape index (κ1) is 11.4. The van der Waals surface area contributed by atoms with Gasteiger partial charge in [-0.05, 0) is 13.8 Å². The van der Waals surface area contributed by atoms with Crippen molar-refractivity contribution in [1.29, 1.82) is 0 Å². The number of hydrogen-bond acceptors (Lipinski definition) is 5. The summed E-state index contributed by atoms with van der Waals surface area (Å²) in [6.45, 7) is 4.68. The molecule has 0 aromatic carbocycles. The van der Waals surface area contributed by atoms with Crippen LogP contribution >= 0.6 is 0 Å². The van der Waals surface area contributed by atoms with Gasteiger partial charge in [-0.3, -0.25) is 0 Å². The molecule has 82 valence electrons. The lowest BCUT2D eigenvalue weighted by Crippen LogP contribution is -2.14. The van der Waals surface area contributed by atoms with Gasteiger partial charge in [-0.25, -0.2) is 4.99 Å². The van der Waals surface area contributed by atoms with Crippen molar-refractivity contribution < 1.29 is 4.74 Å². The van der Waals surface area contributed by atoms with Crippen molar-refractivity contribution in [3.05, 3.63) is 5.82 Å². The van der Waals surface area contributed by atoms with Crippen LogP contribution in [-0.4, -0.2) is 46.9 Å². The predicted octanol–water partition coefficient (Wildman–Crippen LogP) is 0.800. The molecule has 0 unspecified atom stereocenters. The molecule has 0 saturated carbocycles. The van der Waals surface area contributed by atoms with Crippen LogP contribution in [0, 0.1) is 6.92 Å². The van der Waals surface area contributed by atoms with E-state index in [4.69, 9.17) is 4.74 Å². The van der Waals surface area contributed by atoms with Crippen LogP contribution in [-0.2, 0) is 0 Å². The molecule has 0 spiro atoms. The quantitative estimate of drug-likeness (QED) is 0.542. The Hall–Kier alpha value is -1.72. The highest BCUT2D eigenvalue weighted by atomic mass is 16.5. The fourth-order valence-electron chi connectivity index (χ4n) is 0.825. The Morgan fingerprint density at radius 3 is 2.73 bits per heavy atom. The summed E-state index contributed by atoms with van der Waals surface area (Å²) in [7, 11) is 3.44. The SMILES string of the molecule is CCN(C)/C=N/c1nc(C)nc(OC)n1. The van der Waals surface area contributed by atoms with Crippen molar-refractivity contribution in [1.82, 2.24) is 19.9 Å². The van der Waals surface area contributed by atoms with Crippen LogP contribution in [0.5, 0.6) is 6.01 Å².